The molecule has 0 rings (SSSR count). The van der Waals surface area contributed by atoms with Gasteiger partial charge < -0.3 is 34.7 Å². The molecular weight excluding hydrogens is 368 g/mol. The van der Waals surface area contributed by atoms with Crippen molar-refractivity contribution in [3.63, 3.8) is 0 Å². The van der Waals surface area contributed by atoms with Crippen LogP contribution in [-0.4, -0.2) is 92.5 Å². The molecule has 0 aromatic heterocycles. The van der Waals surface area contributed by atoms with Crippen molar-refractivity contribution in [1.82, 2.24) is 10.2 Å². The summed E-state index contributed by atoms with van der Waals surface area (Å²) in [5, 5.41) is 19.9. The van der Waals surface area contributed by atoms with E-state index in [1.807, 2.05) is 0 Å². The van der Waals surface area contributed by atoms with E-state index < -0.39 is 0 Å². The van der Waals surface area contributed by atoms with Crippen LogP contribution in [0.3, 0.4) is 0 Å². The third kappa shape index (κ3) is 22.5. The van der Waals surface area contributed by atoms with Crippen molar-refractivity contribution in [3.05, 3.63) is 0 Å². The molecular formula is C19H44N2O7. The summed E-state index contributed by atoms with van der Waals surface area (Å²) >= 11 is 0. The quantitative estimate of drug-likeness (QED) is 0.254. The zero-order valence-electron chi connectivity index (χ0n) is 13.9. The Balaban J connectivity index is -0.000000441. The molecule has 3 N–H and O–H groups in total. The van der Waals surface area contributed by atoms with Gasteiger partial charge in [0.05, 0.1) is 13.2 Å². The maximum absolute atomic E-state index is 12.1. The third-order valence-corrected chi connectivity index (χ3v) is 2.90. The van der Waals surface area contributed by atoms with Crippen molar-refractivity contribution in [3.8, 4) is 0 Å². The standard InChI is InChI=1S/C15H28N2O7.4CH4/c18-6-1-4-16-14(21)12-17(5-11-23-9-2-7-19)15(22)13-24-10-3-8-20;;;;/h6,19-20H,1-5,7-13H2,(H,16,21);4*1H4. The van der Waals surface area contributed by atoms with Crippen LogP contribution >= 0.6 is 0 Å². The maximum Gasteiger partial charge on any atom is 0.249 e. The van der Waals surface area contributed by atoms with Gasteiger partial charge in [-0.1, -0.05) is 29.7 Å². The molecule has 9 nitrogen and oxygen atoms in total. The Morgan fingerprint density at radius 1 is 0.929 bits per heavy atom. The Labute approximate surface area is 171 Å². The van der Waals surface area contributed by atoms with E-state index in [-0.39, 0.29) is 101 Å². The number of hydrogen-bond acceptors (Lipinski definition) is 7. The molecule has 0 aliphatic heterocycles. The third-order valence-electron chi connectivity index (χ3n) is 2.90. The highest BCUT2D eigenvalue weighted by atomic mass is 16.5. The summed E-state index contributed by atoms with van der Waals surface area (Å²) in [6.07, 6.45) is 1.86. The minimum absolute atomic E-state index is 0. The molecule has 0 saturated heterocycles. The lowest BCUT2D eigenvalue weighted by Gasteiger charge is -2.22. The zero-order chi connectivity index (χ0) is 18.0. The molecule has 0 unspecified atom stereocenters. The molecule has 2 amide bonds. The van der Waals surface area contributed by atoms with Gasteiger partial charge in [-0.2, -0.15) is 0 Å². The fourth-order valence-corrected chi connectivity index (χ4v) is 1.65. The molecule has 0 heterocycles. The number of aliphatic hydroxyl groups is 2. The topological polar surface area (TPSA) is 125 Å². The lowest BCUT2D eigenvalue weighted by atomic mass is 10.4. The van der Waals surface area contributed by atoms with Crippen LogP contribution in [0.15, 0.2) is 0 Å². The van der Waals surface area contributed by atoms with Crippen LogP contribution in [0.1, 0.15) is 49.0 Å². The smallest absolute Gasteiger partial charge is 0.249 e. The van der Waals surface area contributed by atoms with Gasteiger partial charge in [-0.3, -0.25) is 9.59 Å². The van der Waals surface area contributed by atoms with Crippen LogP contribution in [0.4, 0.5) is 0 Å². The summed E-state index contributed by atoms with van der Waals surface area (Å²) in [4.78, 5) is 35.4. The van der Waals surface area contributed by atoms with E-state index >= 15 is 0 Å². The molecule has 0 radical (unpaired) electrons. The predicted molar refractivity (Wildman–Crippen MR) is 112 cm³/mol. The molecule has 0 bridgehead atoms. The number of aldehydes is 1. The van der Waals surface area contributed by atoms with Gasteiger partial charge in [0.2, 0.25) is 11.8 Å². The lowest BCUT2D eigenvalue weighted by molar-refractivity contribution is -0.140. The van der Waals surface area contributed by atoms with Gasteiger partial charge in [0.15, 0.2) is 0 Å². The first kappa shape index (κ1) is 37.2. The van der Waals surface area contributed by atoms with Crippen molar-refractivity contribution in [2.75, 3.05) is 59.3 Å². The maximum atomic E-state index is 12.1. The van der Waals surface area contributed by atoms with Crippen LogP contribution in [-0.2, 0) is 23.9 Å². The lowest BCUT2D eigenvalue weighted by Crippen LogP contribution is -2.44. The fraction of sp³-hybridized carbons (Fsp3) is 0.842. The van der Waals surface area contributed by atoms with Crippen molar-refractivity contribution in [2.45, 2.75) is 49.0 Å². The van der Waals surface area contributed by atoms with Gasteiger partial charge in [0.1, 0.15) is 12.9 Å². The molecule has 0 atom stereocenters. The molecule has 0 aliphatic rings. The average Bonchev–Trinajstić information content (AvgIpc) is 2.57. The van der Waals surface area contributed by atoms with Crippen molar-refractivity contribution in [2.24, 2.45) is 0 Å². The highest BCUT2D eigenvalue weighted by Gasteiger charge is 2.17. The van der Waals surface area contributed by atoms with E-state index in [2.05, 4.69) is 5.32 Å². The molecule has 0 spiro atoms. The first-order valence-corrected chi connectivity index (χ1v) is 8.01. The summed E-state index contributed by atoms with van der Waals surface area (Å²) in [5.74, 6) is -0.722. The number of carbonyl (C=O) groups excluding carboxylic acids is 3. The number of nitrogens with zero attached hydrogens (tertiary/aromatic N) is 1. The van der Waals surface area contributed by atoms with Gasteiger partial charge in [0.25, 0.3) is 0 Å². The largest absolute Gasteiger partial charge is 0.396 e. The van der Waals surface area contributed by atoms with E-state index in [0.717, 1.165) is 0 Å². The number of ether oxygens (including phenoxy) is 2. The van der Waals surface area contributed by atoms with Gasteiger partial charge in [-0.25, -0.2) is 0 Å². The average molecular weight is 413 g/mol. The number of nitrogens with one attached hydrogen (secondary N) is 1. The van der Waals surface area contributed by atoms with Crippen LogP contribution in [0.25, 0.3) is 0 Å². The molecule has 172 valence electrons. The first-order valence-electron chi connectivity index (χ1n) is 8.01. The van der Waals surface area contributed by atoms with E-state index in [1.54, 1.807) is 0 Å². The Bertz CT molecular complexity index is 355. The van der Waals surface area contributed by atoms with Gasteiger partial charge in [-0.05, 0) is 12.8 Å². The Morgan fingerprint density at radius 2 is 1.50 bits per heavy atom. The molecule has 0 aromatic carbocycles. The first-order chi connectivity index (χ1) is 11.7. The van der Waals surface area contributed by atoms with Gasteiger partial charge in [-0.15, -0.1) is 0 Å². The van der Waals surface area contributed by atoms with Crippen LogP contribution in [0.5, 0.6) is 0 Å². The van der Waals surface area contributed by atoms with Crippen molar-refractivity contribution < 1.29 is 34.1 Å². The second-order valence-electron chi connectivity index (χ2n) is 4.94. The number of amides is 2. The Kier molecular flexibility index (Phi) is 36.8. The molecule has 0 aromatic rings. The normalized spacial score (nSPS) is 8.93. The molecule has 9 heteroatoms. The Hall–Kier alpha value is -1.55. The summed E-state index contributed by atoms with van der Waals surface area (Å²) < 4.78 is 10.4. The second kappa shape index (κ2) is 27.7. The van der Waals surface area contributed by atoms with Crippen LogP contribution in [0.2, 0.25) is 0 Å². The number of rotatable bonds is 16. The minimum Gasteiger partial charge on any atom is -0.396 e. The number of hydrogen-bond donors (Lipinski definition) is 3. The number of aliphatic hydroxyl groups excluding tert-OH is 2. The molecule has 28 heavy (non-hydrogen) atoms. The zero-order valence-corrected chi connectivity index (χ0v) is 13.9. The SMILES string of the molecule is C.C.C.C.O=CCCNC(=O)CN(CCOCCCO)C(=O)COCCCO. The molecule has 0 fully saturated rings. The Morgan fingerprint density at radius 3 is 2.04 bits per heavy atom. The number of carbonyl (C=O) groups is 3. The summed E-state index contributed by atoms with van der Waals surface area (Å²) in [5.41, 5.74) is 0. The van der Waals surface area contributed by atoms with E-state index in [0.29, 0.717) is 25.7 Å². The van der Waals surface area contributed by atoms with E-state index in [4.69, 9.17) is 19.7 Å². The predicted octanol–water partition coefficient (Wildman–Crippen LogP) is 0.863. The van der Waals surface area contributed by atoms with Gasteiger partial charge >= 0.3 is 0 Å². The molecule has 0 saturated carbocycles. The van der Waals surface area contributed by atoms with Crippen LogP contribution in [0, 0.1) is 0 Å². The molecule has 0 aliphatic carbocycles. The van der Waals surface area contributed by atoms with Crippen molar-refractivity contribution in [1.29, 1.82) is 0 Å². The van der Waals surface area contributed by atoms with Gasteiger partial charge in [0, 0.05) is 45.9 Å². The highest BCUT2D eigenvalue weighted by molar-refractivity contribution is 5.85. The summed E-state index contributed by atoms with van der Waals surface area (Å²) in [6, 6.07) is 0. The van der Waals surface area contributed by atoms with E-state index in [1.165, 1.54) is 4.90 Å². The highest BCUT2D eigenvalue weighted by Crippen LogP contribution is 1.94. The minimum atomic E-state index is -0.365. The monoisotopic (exact) mass is 412 g/mol. The van der Waals surface area contributed by atoms with Crippen molar-refractivity contribution >= 4 is 18.1 Å². The second-order valence-corrected chi connectivity index (χ2v) is 4.94. The van der Waals surface area contributed by atoms with Crippen LogP contribution < -0.4 is 5.32 Å². The van der Waals surface area contributed by atoms with E-state index in [9.17, 15) is 14.4 Å². The summed E-state index contributed by atoms with van der Waals surface area (Å²) in [7, 11) is 0. The fourth-order valence-electron chi connectivity index (χ4n) is 1.65. The summed E-state index contributed by atoms with van der Waals surface area (Å²) in [6.45, 7) is 0.994.